The molecule has 10 heteroatoms. The number of rotatable bonds is 5. The van der Waals surface area contributed by atoms with Gasteiger partial charge in [-0.15, -0.1) is 5.10 Å². The second kappa shape index (κ2) is 9.13. The van der Waals surface area contributed by atoms with Crippen molar-refractivity contribution in [3.05, 3.63) is 76.9 Å². The molecule has 0 saturated carbocycles. The molecule has 0 spiro atoms. The fourth-order valence-corrected chi connectivity index (χ4v) is 3.94. The predicted molar refractivity (Wildman–Crippen MR) is 122 cm³/mol. The van der Waals surface area contributed by atoms with Gasteiger partial charge in [0.1, 0.15) is 0 Å². The van der Waals surface area contributed by atoms with Crippen LogP contribution in [-0.2, 0) is 6.54 Å². The van der Waals surface area contributed by atoms with E-state index in [0.717, 1.165) is 5.56 Å². The lowest BCUT2D eigenvalue weighted by Crippen LogP contribution is -2.48. The quantitative estimate of drug-likeness (QED) is 0.448. The molecule has 0 unspecified atom stereocenters. The summed E-state index contributed by atoms with van der Waals surface area (Å²) < 4.78 is 6.96. The van der Waals surface area contributed by atoms with Crippen LogP contribution in [0.25, 0.3) is 17.1 Å². The third-order valence-corrected chi connectivity index (χ3v) is 5.93. The summed E-state index contributed by atoms with van der Waals surface area (Å²) in [7, 11) is 0. The van der Waals surface area contributed by atoms with Crippen LogP contribution < -0.4 is 0 Å². The van der Waals surface area contributed by atoms with Crippen molar-refractivity contribution >= 4 is 17.5 Å². The number of para-hydroxylation sites is 1. The van der Waals surface area contributed by atoms with Crippen molar-refractivity contribution in [2.75, 3.05) is 26.2 Å². The van der Waals surface area contributed by atoms with Crippen LogP contribution in [0.1, 0.15) is 21.9 Å². The number of piperazine rings is 1. The van der Waals surface area contributed by atoms with Crippen LogP contribution in [-0.4, -0.2) is 67.0 Å². The van der Waals surface area contributed by atoms with E-state index in [1.54, 1.807) is 17.2 Å². The summed E-state index contributed by atoms with van der Waals surface area (Å²) in [6.07, 6.45) is 1.61. The molecule has 0 N–H and O–H groups in total. The van der Waals surface area contributed by atoms with Crippen molar-refractivity contribution in [3.63, 3.8) is 0 Å². The smallest absolute Gasteiger partial charge is 0.276 e. The number of aryl methyl sites for hydroxylation is 1. The summed E-state index contributed by atoms with van der Waals surface area (Å²) in [5.74, 6) is 1.00. The SMILES string of the molecule is Cc1ccc(-c2noc(CN3CCN(C(=O)c4cn(-c5ccccc5Cl)nn4)CC3)n2)cc1. The van der Waals surface area contributed by atoms with Gasteiger partial charge in [0.05, 0.1) is 23.5 Å². The van der Waals surface area contributed by atoms with Gasteiger partial charge in [-0.25, -0.2) is 4.68 Å². The first-order valence-electron chi connectivity index (χ1n) is 10.7. The lowest BCUT2D eigenvalue weighted by atomic mass is 10.1. The number of amides is 1. The highest BCUT2D eigenvalue weighted by atomic mass is 35.5. The van der Waals surface area contributed by atoms with E-state index in [0.29, 0.717) is 60.8 Å². The molecule has 1 fully saturated rings. The van der Waals surface area contributed by atoms with Gasteiger partial charge >= 0.3 is 0 Å². The zero-order chi connectivity index (χ0) is 22.8. The monoisotopic (exact) mass is 463 g/mol. The van der Waals surface area contributed by atoms with Crippen molar-refractivity contribution in [2.24, 2.45) is 0 Å². The lowest BCUT2D eigenvalue weighted by Gasteiger charge is -2.33. The number of halogens is 1. The highest BCUT2D eigenvalue weighted by Crippen LogP contribution is 2.20. The first-order chi connectivity index (χ1) is 16.1. The van der Waals surface area contributed by atoms with Gasteiger partial charge in [0, 0.05) is 31.7 Å². The lowest BCUT2D eigenvalue weighted by molar-refractivity contribution is 0.0609. The van der Waals surface area contributed by atoms with E-state index in [1.165, 1.54) is 10.2 Å². The van der Waals surface area contributed by atoms with Crippen molar-refractivity contribution in [3.8, 4) is 17.1 Å². The van der Waals surface area contributed by atoms with Gasteiger partial charge in [-0.1, -0.05) is 63.9 Å². The van der Waals surface area contributed by atoms with Crippen molar-refractivity contribution in [2.45, 2.75) is 13.5 Å². The maximum atomic E-state index is 12.9. The molecule has 2 aromatic heterocycles. The molecule has 5 rings (SSSR count). The molecular weight excluding hydrogens is 442 g/mol. The van der Waals surface area contributed by atoms with Gasteiger partial charge in [0.2, 0.25) is 11.7 Å². The van der Waals surface area contributed by atoms with Gasteiger partial charge in [-0.3, -0.25) is 9.69 Å². The van der Waals surface area contributed by atoms with Crippen LogP contribution in [0.15, 0.2) is 59.3 Å². The molecule has 0 radical (unpaired) electrons. The van der Waals surface area contributed by atoms with Crippen LogP contribution in [0.4, 0.5) is 0 Å². The normalized spacial score (nSPS) is 14.5. The van der Waals surface area contributed by atoms with E-state index in [4.69, 9.17) is 16.1 Å². The summed E-state index contributed by atoms with van der Waals surface area (Å²) >= 11 is 6.21. The Bertz CT molecular complexity index is 1260. The van der Waals surface area contributed by atoms with Crippen LogP contribution in [0, 0.1) is 6.92 Å². The van der Waals surface area contributed by atoms with E-state index >= 15 is 0 Å². The number of benzene rings is 2. The van der Waals surface area contributed by atoms with E-state index in [9.17, 15) is 4.79 Å². The molecule has 0 atom stereocenters. The minimum absolute atomic E-state index is 0.146. The molecule has 2 aromatic carbocycles. The molecule has 1 amide bonds. The highest BCUT2D eigenvalue weighted by molar-refractivity contribution is 6.32. The van der Waals surface area contributed by atoms with Gasteiger partial charge in [0.25, 0.3) is 5.91 Å². The third-order valence-electron chi connectivity index (χ3n) is 5.61. The zero-order valence-corrected chi connectivity index (χ0v) is 18.8. The predicted octanol–water partition coefficient (Wildman–Crippen LogP) is 3.24. The number of hydrogen-bond donors (Lipinski definition) is 0. The maximum absolute atomic E-state index is 12.9. The zero-order valence-electron chi connectivity index (χ0n) is 18.1. The van der Waals surface area contributed by atoms with E-state index in [2.05, 4.69) is 25.4 Å². The molecule has 1 aliphatic rings. The summed E-state index contributed by atoms with van der Waals surface area (Å²) in [5, 5.41) is 12.7. The summed E-state index contributed by atoms with van der Waals surface area (Å²) in [6.45, 7) is 5.15. The third kappa shape index (κ3) is 4.64. The number of nitrogens with zero attached hydrogens (tertiary/aromatic N) is 7. The molecule has 0 aliphatic carbocycles. The summed E-state index contributed by atoms with van der Waals surface area (Å²) in [4.78, 5) is 21.4. The minimum atomic E-state index is -0.146. The van der Waals surface area contributed by atoms with Crippen molar-refractivity contribution in [1.82, 2.24) is 34.9 Å². The summed E-state index contributed by atoms with van der Waals surface area (Å²) in [6, 6.07) is 15.3. The van der Waals surface area contributed by atoms with Crippen LogP contribution in [0.3, 0.4) is 0 Å². The number of carbonyl (C=O) groups is 1. The average Bonchev–Trinajstić information content (AvgIpc) is 3.50. The van der Waals surface area contributed by atoms with E-state index < -0.39 is 0 Å². The largest absolute Gasteiger partial charge is 0.338 e. The molecule has 0 bridgehead atoms. The van der Waals surface area contributed by atoms with Crippen LogP contribution >= 0.6 is 11.6 Å². The minimum Gasteiger partial charge on any atom is -0.338 e. The Kier molecular flexibility index (Phi) is 5.89. The Morgan fingerprint density at radius 3 is 2.58 bits per heavy atom. The first kappa shape index (κ1) is 21.3. The topological polar surface area (TPSA) is 93.2 Å². The Labute approximate surface area is 195 Å². The molecule has 9 nitrogen and oxygen atoms in total. The standard InChI is InChI=1S/C23H22ClN7O2/c1-16-6-8-17(9-7-16)22-25-21(33-27-22)15-29-10-12-30(13-11-29)23(32)19-14-31(28-26-19)20-5-3-2-4-18(20)24/h2-9,14H,10-13,15H2,1H3. The Balaban J connectivity index is 1.17. The molecule has 1 aliphatic heterocycles. The Morgan fingerprint density at radius 2 is 1.82 bits per heavy atom. The van der Waals surface area contributed by atoms with Crippen LogP contribution in [0.2, 0.25) is 5.02 Å². The van der Waals surface area contributed by atoms with E-state index in [1.807, 2.05) is 49.4 Å². The molecule has 33 heavy (non-hydrogen) atoms. The van der Waals surface area contributed by atoms with Crippen molar-refractivity contribution in [1.29, 1.82) is 0 Å². The van der Waals surface area contributed by atoms with Gasteiger partial charge in [-0.2, -0.15) is 4.98 Å². The number of hydrogen-bond acceptors (Lipinski definition) is 7. The average molecular weight is 464 g/mol. The first-order valence-corrected chi connectivity index (χ1v) is 11.0. The molecule has 4 aromatic rings. The van der Waals surface area contributed by atoms with Gasteiger partial charge < -0.3 is 9.42 Å². The van der Waals surface area contributed by atoms with Crippen LogP contribution in [0.5, 0.6) is 0 Å². The number of carbonyl (C=O) groups excluding carboxylic acids is 1. The Morgan fingerprint density at radius 1 is 1.06 bits per heavy atom. The Hall–Kier alpha value is -3.56. The molecule has 3 heterocycles. The second-order valence-electron chi connectivity index (χ2n) is 7.95. The van der Waals surface area contributed by atoms with Gasteiger partial charge in [0.15, 0.2) is 5.69 Å². The molecule has 168 valence electrons. The van der Waals surface area contributed by atoms with Gasteiger partial charge in [-0.05, 0) is 19.1 Å². The fourth-order valence-electron chi connectivity index (χ4n) is 3.72. The molecular formula is C23H22ClN7O2. The fraction of sp³-hybridized carbons (Fsp3) is 0.261. The number of aromatic nitrogens is 5. The van der Waals surface area contributed by atoms with Crippen molar-refractivity contribution < 1.29 is 9.32 Å². The second-order valence-corrected chi connectivity index (χ2v) is 8.35. The van der Waals surface area contributed by atoms with E-state index in [-0.39, 0.29) is 5.91 Å². The highest BCUT2D eigenvalue weighted by Gasteiger charge is 2.25. The summed E-state index contributed by atoms with van der Waals surface area (Å²) in [5.41, 5.74) is 3.08. The molecule has 1 saturated heterocycles. The maximum Gasteiger partial charge on any atom is 0.276 e.